The number of esters is 1. The van der Waals surface area contributed by atoms with Gasteiger partial charge in [0.1, 0.15) is 12.1 Å². The molecule has 0 amide bonds. The molecule has 0 bridgehead atoms. The topological polar surface area (TPSA) is 155 Å². The molecule has 0 saturated heterocycles. The molecule has 0 aliphatic carbocycles. The SMILES string of the molecule is CCCCCCCCCCCCCCOCC(COP(=O)(O)OCC(N)C(=O)O)OC(=O)CCCCCCCCCCCCC. The summed E-state index contributed by atoms with van der Waals surface area (Å²) in [7, 11) is -4.59. The van der Waals surface area contributed by atoms with E-state index in [0.29, 0.717) is 6.61 Å². The second kappa shape index (κ2) is 31.6. The van der Waals surface area contributed by atoms with Crippen molar-refractivity contribution in [1.29, 1.82) is 0 Å². The van der Waals surface area contributed by atoms with Gasteiger partial charge in [0.05, 0.1) is 19.8 Å². The molecule has 0 rings (SSSR count). The molecule has 0 aromatic carbocycles. The van der Waals surface area contributed by atoms with Crippen LogP contribution in [0, 0.1) is 0 Å². The van der Waals surface area contributed by atoms with Gasteiger partial charge in [0.15, 0.2) is 0 Å². The number of hydrogen-bond donors (Lipinski definition) is 3. The molecule has 10 nitrogen and oxygen atoms in total. The van der Waals surface area contributed by atoms with Crippen LogP contribution in [0.15, 0.2) is 0 Å². The lowest BCUT2D eigenvalue weighted by Gasteiger charge is -2.20. The van der Waals surface area contributed by atoms with Gasteiger partial charge >= 0.3 is 19.8 Å². The van der Waals surface area contributed by atoms with Crippen LogP contribution in [0.4, 0.5) is 0 Å². The molecule has 11 heteroatoms. The largest absolute Gasteiger partial charge is 0.480 e. The first-order valence-corrected chi connectivity index (χ1v) is 19.6. The molecule has 0 aromatic rings. The fourth-order valence-corrected chi connectivity index (χ4v) is 5.79. The van der Waals surface area contributed by atoms with Gasteiger partial charge in [-0.1, -0.05) is 149 Å². The summed E-state index contributed by atoms with van der Waals surface area (Å²) in [6, 6.07) is -1.47. The lowest BCUT2D eigenvalue weighted by atomic mass is 10.1. The molecule has 0 aromatic heterocycles. The standard InChI is InChI=1S/C34H68NO9P/c1-3-5-7-9-11-13-15-17-19-21-23-25-27-41-28-31(29-42-45(39,40)43-30-32(35)34(37)38)44-33(36)26-24-22-20-18-16-14-12-10-8-6-4-2/h31-32H,3-30,35H2,1-2H3,(H,37,38)(H,39,40). The Bertz CT molecular complexity index is 740. The molecule has 3 atom stereocenters. The van der Waals surface area contributed by atoms with Gasteiger partial charge in [-0.25, -0.2) is 4.57 Å². The van der Waals surface area contributed by atoms with Crippen LogP contribution >= 0.6 is 7.82 Å². The Hall–Kier alpha value is -1.03. The Kier molecular flexibility index (Phi) is 30.8. The average molecular weight is 666 g/mol. The van der Waals surface area contributed by atoms with Gasteiger partial charge in [-0.15, -0.1) is 0 Å². The van der Waals surface area contributed by atoms with E-state index in [1.165, 1.54) is 109 Å². The third kappa shape index (κ3) is 31.3. The molecule has 0 heterocycles. The summed E-state index contributed by atoms with van der Waals surface area (Å²) in [6.45, 7) is 3.87. The minimum atomic E-state index is -4.59. The van der Waals surface area contributed by atoms with E-state index in [0.717, 1.165) is 38.5 Å². The highest BCUT2D eigenvalue weighted by atomic mass is 31.2. The lowest BCUT2D eigenvalue weighted by molar-refractivity contribution is -0.154. The smallest absolute Gasteiger partial charge is 0.472 e. The first kappa shape index (κ1) is 44.0. The zero-order valence-electron chi connectivity index (χ0n) is 28.7. The van der Waals surface area contributed by atoms with E-state index in [4.69, 9.17) is 24.8 Å². The van der Waals surface area contributed by atoms with Crippen LogP contribution in [-0.4, -0.2) is 60.5 Å². The molecular weight excluding hydrogens is 597 g/mol. The second-order valence-electron chi connectivity index (χ2n) is 12.4. The summed E-state index contributed by atoms with van der Waals surface area (Å²) in [5.74, 6) is -1.77. The third-order valence-electron chi connectivity index (χ3n) is 7.89. The van der Waals surface area contributed by atoms with Gasteiger partial charge in [-0.2, -0.15) is 0 Å². The van der Waals surface area contributed by atoms with Gasteiger partial charge in [-0.3, -0.25) is 18.6 Å². The van der Waals surface area contributed by atoms with E-state index in [9.17, 15) is 19.0 Å². The molecule has 0 spiro atoms. The quantitative estimate of drug-likeness (QED) is 0.0340. The fraction of sp³-hybridized carbons (Fsp3) is 0.941. The van der Waals surface area contributed by atoms with Crippen molar-refractivity contribution in [3.05, 3.63) is 0 Å². The average Bonchev–Trinajstić information content (AvgIpc) is 3.01. The van der Waals surface area contributed by atoms with E-state index in [1.54, 1.807) is 0 Å². The van der Waals surface area contributed by atoms with E-state index in [1.807, 2.05) is 0 Å². The minimum Gasteiger partial charge on any atom is -0.480 e. The van der Waals surface area contributed by atoms with Crippen molar-refractivity contribution in [2.75, 3.05) is 26.4 Å². The van der Waals surface area contributed by atoms with Gasteiger partial charge in [0.25, 0.3) is 0 Å². The highest BCUT2D eigenvalue weighted by Gasteiger charge is 2.27. The number of rotatable bonds is 35. The second-order valence-corrected chi connectivity index (χ2v) is 13.8. The highest BCUT2D eigenvalue weighted by Crippen LogP contribution is 2.43. The predicted octanol–water partition coefficient (Wildman–Crippen LogP) is 8.86. The zero-order chi connectivity index (χ0) is 33.4. The zero-order valence-corrected chi connectivity index (χ0v) is 29.6. The van der Waals surface area contributed by atoms with Crippen molar-refractivity contribution >= 4 is 19.8 Å². The van der Waals surface area contributed by atoms with Crippen LogP contribution in [0.1, 0.15) is 168 Å². The van der Waals surface area contributed by atoms with Crippen molar-refractivity contribution in [3.8, 4) is 0 Å². The molecule has 268 valence electrons. The molecule has 0 aliphatic heterocycles. The van der Waals surface area contributed by atoms with Gasteiger partial charge in [-0.05, 0) is 12.8 Å². The summed E-state index contributed by atoms with van der Waals surface area (Å²) < 4.78 is 33.1. The molecule has 4 N–H and O–H groups in total. The van der Waals surface area contributed by atoms with Gasteiger partial charge in [0, 0.05) is 13.0 Å². The summed E-state index contributed by atoms with van der Waals surface area (Å²) in [5.41, 5.74) is 5.32. The van der Waals surface area contributed by atoms with E-state index < -0.39 is 45.1 Å². The van der Waals surface area contributed by atoms with Crippen LogP contribution in [0.3, 0.4) is 0 Å². The Morgan fingerprint density at radius 1 is 0.622 bits per heavy atom. The number of carboxylic acid groups (broad SMARTS) is 1. The molecule has 0 radical (unpaired) electrons. The number of nitrogens with two attached hydrogens (primary N) is 1. The molecule has 45 heavy (non-hydrogen) atoms. The van der Waals surface area contributed by atoms with E-state index in [-0.39, 0.29) is 13.0 Å². The number of phosphoric acid groups is 1. The highest BCUT2D eigenvalue weighted by molar-refractivity contribution is 7.47. The van der Waals surface area contributed by atoms with Crippen LogP contribution < -0.4 is 5.73 Å². The fourth-order valence-electron chi connectivity index (χ4n) is 5.01. The summed E-state index contributed by atoms with van der Waals surface area (Å²) in [6.07, 6.45) is 27.2. The molecule has 0 fully saturated rings. The summed E-state index contributed by atoms with van der Waals surface area (Å²) in [5, 5.41) is 8.84. The molecule has 3 unspecified atom stereocenters. The molecule has 0 aliphatic rings. The molecular formula is C34H68NO9P. The summed E-state index contributed by atoms with van der Waals surface area (Å²) >= 11 is 0. The van der Waals surface area contributed by atoms with E-state index in [2.05, 4.69) is 18.4 Å². The lowest BCUT2D eigenvalue weighted by Crippen LogP contribution is -2.34. The molecule has 0 saturated carbocycles. The third-order valence-corrected chi connectivity index (χ3v) is 8.84. The maximum atomic E-state index is 12.5. The first-order chi connectivity index (χ1) is 21.7. The predicted molar refractivity (Wildman–Crippen MR) is 180 cm³/mol. The first-order valence-electron chi connectivity index (χ1n) is 18.1. The summed E-state index contributed by atoms with van der Waals surface area (Å²) in [4.78, 5) is 33.3. The normalized spacial score (nSPS) is 14.2. The maximum absolute atomic E-state index is 12.5. The number of aliphatic carboxylic acids is 1. The number of ether oxygens (including phenoxy) is 2. The van der Waals surface area contributed by atoms with Crippen molar-refractivity contribution in [2.24, 2.45) is 5.73 Å². The number of carbonyl (C=O) groups is 2. The van der Waals surface area contributed by atoms with Crippen LogP contribution in [0.25, 0.3) is 0 Å². The number of carbonyl (C=O) groups excluding carboxylic acids is 1. The van der Waals surface area contributed by atoms with Gasteiger partial charge < -0.3 is 25.2 Å². The number of unbranched alkanes of at least 4 members (excludes halogenated alkanes) is 21. The Morgan fingerprint density at radius 3 is 1.47 bits per heavy atom. The van der Waals surface area contributed by atoms with Crippen LogP contribution in [0.2, 0.25) is 0 Å². The number of carboxylic acids is 1. The number of hydrogen-bond acceptors (Lipinski definition) is 8. The van der Waals surface area contributed by atoms with E-state index >= 15 is 0 Å². The Labute approximate surface area is 274 Å². The Morgan fingerprint density at radius 2 is 1.02 bits per heavy atom. The monoisotopic (exact) mass is 665 g/mol. The van der Waals surface area contributed by atoms with Crippen LogP contribution in [0.5, 0.6) is 0 Å². The van der Waals surface area contributed by atoms with Gasteiger partial charge in [0.2, 0.25) is 0 Å². The van der Waals surface area contributed by atoms with Crippen molar-refractivity contribution < 1.29 is 42.7 Å². The Balaban J connectivity index is 4.31. The van der Waals surface area contributed by atoms with Crippen molar-refractivity contribution in [1.82, 2.24) is 0 Å². The minimum absolute atomic E-state index is 0.0245. The van der Waals surface area contributed by atoms with Crippen molar-refractivity contribution in [2.45, 2.75) is 180 Å². The number of phosphoric ester groups is 1. The van der Waals surface area contributed by atoms with Crippen LogP contribution in [-0.2, 0) is 32.7 Å². The van der Waals surface area contributed by atoms with Crippen molar-refractivity contribution in [3.63, 3.8) is 0 Å². The maximum Gasteiger partial charge on any atom is 0.472 e.